The fourth-order valence-electron chi connectivity index (χ4n) is 8.25. The molecule has 13 nitrogen and oxygen atoms in total. The fourth-order valence-corrected chi connectivity index (χ4v) is 8.81. The number of rotatable bonds is 11. The number of hydrogen-bond acceptors (Lipinski definition) is 10. The molecule has 56 heavy (non-hydrogen) atoms. The van der Waals surface area contributed by atoms with Gasteiger partial charge in [-0.2, -0.15) is 18.4 Å². The number of imide groups is 1. The summed E-state index contributed by atoms with van der Waals surface area (Å²) in [5.74, 6) is -0.220. The van der Waals surface area contributed by atoms with Crippen molar-refractivity contribution in [1.29, 1.82) is 5.26 Å². The summed E-state index contributed by atoms with van der Waals surface area (Å²) >= 11 is 5.74. The fraction of sp³-hybridized carbons (Fsp3) is 0.579. The van der Waals surface area contributed by atoms with Crippen LogP contribution in [0.25, 0.3) is 0 Å². The number of aromatic nitrogens is 1. The molecule has 1 N–H and O–H groups in total. The van der Waals surface area contributed by atoms with E-state index in [1.54, 1.807) is 38.2 Å². The van der Waals surface area contributed by atoms with Crippen LogP contribution in [0.3, 0.4) is 0 Å². The maximum atomic E-state index is 13.7. The molecule has 18 heteroatoms. The van der Waals surface area contributed by atoms with Gasteiger partial charge in [0, 0.05) is 63.3 Å². The van der Waals surface area contributed by atoms with Crippen LogP contribution >= 0.6 is 24.6 Å². The van der Waals surface area contributed by atoms with Crippen LogP contribution in [0.2, 0.25) is 0 Å². The Morgan fingerprint density at radius 2 is 1.68 bits per heavy atom. The van der Waals surface area contributed by atoms with Crippen molar-refractivity contribution in [3.63, 3.8) is 0 Å². The number of hydrogen-bond donors (Lipinski definition) is 1. The number of anilines is 2. The molecular weight excluding hydrogens is 773 g/mol. The van der Waals surface area contributed by atoms with Gasteiger partial charge >= 0.3 is 12.2 Å². The number of ether oxygens (including phenoxy) is 2. The standard InChI is InChI=1S/C38H47F3N8O5S.ClH/c1-24-22-45(23-25(2)46(24)16-18-54-33-12-9-29(21-43-33)47-14-13-32(50)44-35(47)52)15-17-53-30-10-7-27(8-11-30)49-36(55)48(34(51)37(49,3)4)28-6-5-26(20-42)31(19-28)38(39,40)41;/h5-6,9,12,19,21,24-25,27,30H,7-8,10-11,13-18,22-23H2,1-4H3,(H,44,50,52);1H/t24-,25+,27?,30?;. The van der Waals surface area contributed by atoms with Gasteiger partial charge in [-0.25, -0.2) is 9.78 Å². The molecule has 6 rings (SSSR count). The molecule has 1 saturated carbocycles. The van der Waals surface area contributed by atoms with Crippen LogP contribution in [-0.4, -0.2) is 118 Å². The molecule has 2 atom stereocenters. The summed E-state index contributed by atoms with van der Waals surface area (Å²) in [4.78, 5) is 50.8. The summed E-state index contributed by atoms with van der Waals surface area (Å²) in [5.41, 5.74) is -2.06. The van der Waals surface area contributed by atoms with Gasteiger partial charge in [0.2, 0.25) is 11.8 Å². The van der Waals surface area contributed by atoms with Crippen LogP contribution in [-0.2, 0) is 20.5 Å². The Bertz CT molecular complexity index is 1810. The topological polar surface area (TPSA) is 135 Å². The number of amides is 4. The number of pyridine rings is 1. The predicted molar refractivity (Wildman–Crippen MR) is 209 cm³/mol. The largest absolute Gasteiger partial charge is 0.476 e. The van der Waals surface area contributed by atoms with E-state index >= 15 is 0 Å². The number of nitrogens with one attached hydrogen (secondary N) is 1. The summed E-state index contributed by atoms with van der Waals surface area (Å²) in [6, 6.07) is 8.40. The second-order valence-corrected chi connectivity index (χ2v) is 15.5. The molecule has 0 radical (unpaired) electrons. The molecule has 304 valence electrons. The Morgan fingerprint density at radius 1 is 1.00 bits per heavy atom. The van der Waals surface area contributed by atoms with Gasteiger partial charge in [0.05, 0.1) is 47.5 Å². The lowest BCUT2D eigenvalue weighted by atomic mass is 9.89. The van der Waals surface area contributed by atoms with E-state index in [0.29, 0.717) is 43.4 Å². The van der Waals surface area contributed by atoms with E-state index in [-0.39, 0.29) is 47.7 Å². The summed E-state index contributed by atoms with van der Waals surface area (Å²) in [6.45, 7) is 12.6. The lowest BCUT2D eigenvalue weighted by molar-refractivity contribution is -0.137. The minimum absolute atomic E-state index is 0. The Hall–Kier alpha value is -4.08. The summed E-state index contributed by atoms with van der Waals surface area (Å²) in [5, 5.41) is 11.7. The van der Waals surface area contributed by atoms with Gasteiger partial charge in [-0.1, -0.05) is 0 Å². The molecule has 1 aromatic carbocycles. The second-order valence-electron chi connectivity index (χ2n) is 15.1. The summed E-state index contributed by atoms with van der Waals surface area (Å²) < 4.78 is 53.4. The van der Waals surface area contributed by atoms with E-state index in [9.17, 15) is 32.8 Å². The lowest BCUT2D eigenvalue weighted by Crippen LogP contribution is -2.57. The van der Waals surface area contributed by atoms with E-state index in [0.717, 1.165) is 64.0 Å². The van der Waals surface area contributed by atoms with Gasteiger partial charge in [0.15, 0.2) is 5.11 Å². The molecule has 1 aliphatic carbocycles. The van der Waals surface area contributed by atoms with Gasteiger partial charge in [0.1, 0.15) is 12.1 Å². The quantitative estimate of drug-likeness (QED) is 0.294. The molecule has 1 aromatic heterocycles. The van der Waals surface area contributed by atoms with Crippen molar-refractivity contribution in [1.82, 2.24) is 25.0 Å². The zero-order valence-electron chi connectivity index (χ0n) is 31.9. The predicted octanol–water partition coefficient (Wildman–Crippen LogP) is 5.35. The highest BCUT2D eigenvalue weighted by molar-refractivity contribution is 7.80. The Labute approximate surface area is 336 Å². The van der Waals surface area contributed by atoms with Gasteiger partial charge in [-0.05, 0) is 89.9 Å². The SMILES string of the molecule is C[C@@H]1CN(CCOC2CCC(N3C(=S)N(c4ccc(C#N)c(C(F)(F)F)c4)C(=O)C3(C)C)CC2)C[C@H](C)N1CCOc1ccc(N2CCC(=O)NC2=O)cn1.Cl. The average Bonchev–Trinajstić information content (AvgIpc) is 3.31. The van der Waals surface area contributed by atoms with Crippen LogP contribution in [0.15, 0.2) is 36.5 Å². The molecule has 2 aromatic rings. The number of carbonyl (C=O) groups excluding carboxylic acids is 3. The van der Waals surface area contributed by atoms with Crippen LogP contribution in [0.4, 0.5) is 29.3 Å². The van der Waals surface area contributed by atoms with Crippen molar-refractivity contribution < 1.29 is 37.0 Å². The minimum Gasteiger partial charge on any atom is -0.476 e. The summed E-state index contributed by atoms with van der Waals surface area (Å²) in [7, 11) is 0. The van der Waals surface area contributed by atoms with Crippen LogP contribution < -0.4 is 19.9 Å². The van der Waals surface area contributed by atoms with Gasteiger partial charge in [-0.15, -0.1) is 12.4 Å². The molecule has 3 aliphatic heterocycles. The van der Waals surface area contributed by atoms with Crippen LogP contribution in [0.1, 0.15) is 70.9 Å². The number of halogens is 4. The highest BCUT2D eigenvalue weighted by Gasteiger charge is 2.52. The zero-order chi connectivity index (χ0) is 39.7. The third-order valence-electron chi connectivity index (χ3n) is 11.0. The Balaban J connectivity index is 0.00000600. The van der Waals surface area contributed by atoms with Gasteiger partial charge < -0.3 is 14.4 Å². The first kappa shape index (κ1) is 43.1. The molecule has 0 unspecified atom stereocenters. The minimum atomic E-state index is -4.75. The summed E-state index contributed by atoms with van der Waals surface area (Å²) in [6.07, 6.45) is 0.123. The number of alkyl halides is 3. The van der Waals surface area contributed by atoms with E-state index in [2.05, 4.69) is 33.9 Å². The second kappa shape index (κ2) is 17.6. The number of carbonyl (C=O) groups is 3. The molecule has 4 aliphatic rings. The van der Waals surface area contributed by atoms with Crippen molar-refractivity contribution in [3.05, 3.63) is 47.7 Å². The third kappa shape index (κ3) is 9.21. The lowest BCUT2D eigenvalue weighted by Gasteiger charge is -2.44. The average molecular weight is 821 g/mol. The molecule has 0 spiro atoms. The monoisotopic (exact) mass is 820 g/mol. The van der Waals surface area contributed by atoms with E-state index in [4.69, 9.17) is 21.7 Å². The molecule has 4 fully saturated rings. The smallest absolute Gasteiger partial charge is 0.417 e. The van der Waals surface area contributed by atoms with Gasteiger partial charge in [0.25, 0.3) is 5.91 Å². The van der Waals surface area contributed by atoms with E-state index < -0.39 is 34.8 Å². The third-order valence-corrected chi connectivity index (χ3v) is 11.4. The molecule has 3 saturated heterocycles. The number of benzene rings is 1. The number of piperazine rings is 1. The van der Waals surface area contributed by atoms with Crippen LogP contribution in [0, 0.1) is 11.3 Å². The Kier molecular flexibility index (Phi) is 13.5. The first-order valence-electron chi connectivity index (χ1n) is 18.7. The maximum Gasteiger partial charge on any atom is 0.417 e. The maximum absolute atomic E-state index is 13.7. The number of nitrogens with zero attached hydrogens (tertiary/aromatic N) is 7. The van der Waals surface area contributed by atoms with Crippen molar-refractivity contribution in [2.24, 2.45) is 0 Å². The van der Waals surface area contributed by atoms with Crippen molar-refractivity contribution in [2.75, 3.05) is 55.7 Å². The van der Waals surface area contributed by atoms with Crippen molar-refractivity contribution in [3.8, 4) is 11.9 Å². The number of nitriles is 1. The normalized spacial score (nSPS) is 24.9. The molecule has 4 amide bonds. The number of urea groups is 1. The molecule has 4 heterocycles. The van der Waals surface area contributed by atoms with Crippen molar-refractivity contribution >= 4 is 59.0 Å². The first-order chi connectivity index (χ1) is 26.1. The van der Waals surface area contributed by atoms with Gasteiger partial charge in [-0.3, -0.25) is 34.5 Å². The highest BCUT2D eigenvalue weighted by Crippen LogP contribution is 2.40. The van der Waals surface area contributed by atoms with E-state index in [1.807, 2.05) is 4.90 Å². The zero-order valence-corrected chi connectivity index (χ0v) is 33.5. The Morgan fingerprint density at radius 3 is 2.29 bits per heavy atom. The number of thiocarbonyl (C=S) groups is 1. The van der Waals surface area contributed by atoms with Crippen molar-refractivity contribution in [2.45, 2.75) is 95.7 Å². The first-order valence-corrected chi connectivity index (χ1v) is 19.1. The highest BCUT2D eigenvalue weighted by atomic mass is 35.5. The molecule has 0 bridgehead atoms. The van der Waals surface area contributed by atoms with Crippen LogP contribution in [0.5, 0.6) is 5.88 Å². The van der Waals surface area contributed by atoms with E-state index in [1.165, 1.54) is 15.9 Å². The molecular formula is C38H48ClF3N8O5S.